The summed E-state index contributed by atoms with van der Waals surface area (Å²) >= 11 is 1.72. The van der Waals surface area contributed by atoms with E-state index in [0.717, 1.165) is 26.2 Å². The van der Waals surface area contributed by atoms with E-state index in [9.17, 15) is 0 Å². The molecule has 1 fully saturated rings. The van der Waals surface area contributed by atoms with Crippen LogP contribution in [0.4, 0.5) is 5.69 Å². The molecule has 0 atom stereocenters. The molecule has 2 aromatic rings. The van der Waals surface area contributed by atoms with Crippen LogP contribution in [-0.4, -0.2) is 31.2 Å². The van der Waals surface area contributed by atoms with Crippen LogP contribution in [0.25, 0.3) is 11.1 Å². The molecule has 0 saturated carbocycles. The predicted molar refractivity (Wildman–Crippen MR) is 72.6 cm³/mol. The molecular weight excluding hydrogens is 230 g/mol. The Morgan fingerprint density at radius 1 is 1.18 bits per heavy atom. The maximum absolute atomic E-state index is 4.36. The van der Waals surface area contributed by atoms with Crippen molar-refractivity contribution < 1.29 is 0 Å². The smallest absolute Gasteiger partial charge is 0.0559 e. The molecule has 2 aromatic heterocycles. The second kappa shape index (κ2) is 4.85. The quantitative estimate of drug-likeness (QED) is 0.879. The summed E-state index contributed by atoms with van der Waals surface area (Å²) in [5, 5.41) is 7.64. The van der Waals surface area contributed by atoms with Crippen molar-refractivity contribution >= 4 is 17.0 Å². The molecule has 4 heteroatoms. The third-order valence-electron chi connectivity index (χ3n) is 3.06. The van der Waals surface area contributed by atoms with Gasteiger partial charge in [0.15, 0.2) is 0 Å². The van der Waals surface area contributed by atoms with Gasteiger partial charge >= 0.3 is 0 Å². The Kier molecular flexibility index (Phi) is 3.07. The molecule has 0 spiro atoms. The van der Waals surface area contributed by atoms with Gasteiger partial charge in [-0.25, -0.2) is 0 Å². The van der Waals surface area contributed by atoms with Crippen LogP contribution in [0.5, 0.6) is 0 Å². The second-order valence-electron chi connectivity index (χ2n) is 4.18. The van der Waals surface area contributed by atoms with Crippen LogP contribution in [0.1, 0.15) is 0 Å². The van der Waals surface area contributed by atoms with Gasteiger partial charge in [0.05, 0.1) is 11.9 Å². The van der Waals surface area contributed by atoms with Gasteiger partial charge in [0.25, 0.3) is 0 Å². The minimum absolute atomic E-state index is 1.06. The van der Waals surface area contributed by atoms with Crippen molar-refractivity contribution in [1.82, 2.24) is 10.3 Å². The Labute approximate surface area is 105 Å². The van der Waals surface area contributed by atoms with E-state index in [0.29, 0.717) is 0 Å². The van der Waals surface area contributed by atoms with Gasteiger partial charge in [-0.1, -0.05) is 0 Å². The highest BCUT2D eigenvalue weighted by molar-refractivity contribution is 7.08. The standard InChI is InChI=1S/C13H15N3S/c1-6-17-10-11(1)12-7-13(9-15-8-12)16-4-2-14-3-5-16/h1,6-10,14H,2-5H2. The highest BCUT2D eigenvalue weighted by atomic mass is 32.1. The SMILES string of the molecule is c1cc(-c2cncc(N3CCNCC3)c2)cs1. The number of hydrogen-bond donors (Lipinski definition) is 1. The van der Waals surface area contributed by atoms with Gasteiger partial charge in [0.2, 0.25) is 0 Å². The van der Waals surface area contributed by atoms with Crippen molar-refractivity contribution in [2.45, 2.75) is 0 Å². The van der Waals surface area contributed by atoms with E-state index in [-0.39, 0.29) is 0 Å². The lowest BCUT2D eigenvalue weighted by Gasteiger charge is -2.29. The highest BCUT2D eigenvalue weighted by Gasteiger charge is 2.11. The van der Waals surface area contributed by atoms with Crippen LogP contribution in [0.3, 0.4) is 0 Å². The summed E-state index contributed by atoms with van der Waals surface area (Å²) in [4.78, 5) is 6.75. The van der Waals surface area contributed by atoms with Gasteiger partial charge in [0, 0.05) is 37.9 Å². The summed E-state index contributed by atoms with van der Waals surface area (Å²) in [6.07, 6.45) is 3.90. The van der Waals surface area contributed by atoms with Crippen LogP contribution < -0.4 is 10.2 Å². The van der Waals surface area contributed by atoms with Gasteiger partial charge < -0.3 is 10.2 Å². The average molecular weight is 245 g/mol. The molecule has 3 heterocycles. The van der Waals surface area contributed by atoms with Gasteiger partial charge in [0.1, 0.15) is 0 Å². The van der Waals surface area contributed by atoms with Crippen LogP contribution in [0.2, 0.25) is 0 Å². The zero-order chi connectivity index (χ0) is 11.5. The van der Waals surface area contributed by atoms with Crippen LogP contribution in [-0.2, 0) is 0 Å². The zero-order valence-corrected chi connectivity index (χ0v) is 10.4. The third-order valence-corrected chi connectivity index (χ3v) is 3.74. The molecule has 0 radical (unpaired) electrons. The minimum Gasteiger partial charge on any atom is -0.368 e. The molecule has 0 aromatic carbocycles. The minimum atomic E-state index is 1.06. The second-order valence-corrected chi connectivity index (χ2v) is 4.96. The largest absolute Gasteiger partial charge is 0.368 e. The Balaban J connectivity index is 1.88. The van der Waals surface area contributed by atoms with Crippen molar-refractivity contribution in [3.8, 4) is 11.1 Å². The fraction of sp³-hybridized carbons (Fsp3) is 0.308. The van der Waals surface area contributed by atoms with Gasteiger partial charge in [-0.15, -0.1) is 0 Å². The Morgan fingerprint density at radius 3 is 2.82 bits per heavy atom. The summed E-state index contributed by atoms with van der Waals surface area (Å²) in [5.41, 5.74) is 3.71. The van der Waals surface area contributed by atoms with Crippen molar-refractivity contribution in [1.29, 1.82) is 0 Å². The third kappa shape index (κ3) is 2.33. The normalized spacial score (nSPS) is 16.1. The van der Waals surface area contributed by atoms with Crippen molar-refractivity contribution in [2.75, 3.05) is 31.1 Å². The Hall–Kier alpha value is -1.39. The number of nitrogens with zero attached hydrogens (tertiary/aromatic N) is 2. The fourth-order valence-electron chi connectivity index (χ4n) is 2.11. The monoisotopic (exact) mass is 245 g/mol. The zero-order valence-electron chi connectivity index (χ0n) is 9.60. The molecule has 1 N–H and O–H groups in total. The highest BCUT2D eigenvalue weighted by Crippen LogP contribution is 2.25. The maximum Gasteiger partial charge on any atom is 0.0559 e. The predicted octanol–water partition coefficient (Wildman–Crippen LogP) is 2.22. The number of rotatable bonds is 2. The van der Waals surface area contributed by atoms with Crippen molar-refractivity contribution in [2.24, 2.45) is 0 Å². The van der Waals surface area contributed by atoms with Gasteiger partial charge in [-0.05, 0) is 28.5 Å². The summed E-state index contributed by atoms with van der Waals surface area (Å²) < 4.78 is 0. The van der Waals surface area contributed by atoms with E-state index in [2.05, 4.69) is 38.1 Å². The van der Waals surface area contributed by atoms with Crippen LogP contribution in [0.15, 0.2) is 35.3 Å². The van der Waals surface area contributed by atoms with Gasteiger partial charge in [-0.2, -0.15) is 11.3 Å². The molecule has 0 aliphatic carbocycles. The molecule has 0 bridgehead atoms. The number of hydrogen-bond acceptors (Lipinski definition) is 4. The summed E-state index contributed by atoms with van der Waals surface area (Å²) in [7, 11) is 0. The summed E-state index contributed by atoms with van der Waals surface area (Å²) in [6, 6.07) is 4.38. The summed E-state index contributed by atoms with van der Waals surface area (Å²) in [6.45, 7) is 4.24. The molecule has 1 aliphatic heterocycles. The van der Waals surface area contributed by atoms with E-state index in [1.54, 1.807) is 11.3 Å². The van der Waals surface area contributed by atoms with Crippen molar-refractivity contribution in [3.05, 3.63) is 35.3 Å². The maximum atomic E-state index is 4.36. The summed E-state index contributed by atoms with van der Waals surface area (Å²) in [5.74, 6) is 0. The average Bonchev–Trinajstić information content (AvgIpc) is 2.94. The molecule has 0 amide bonds. The number of piperazine rings is 1. The molecule has 1 saturated heterocycles. The lowest BCUT2D eigenvalue weighted by molar-refractivity contribution is 0.589. The molecule has 0 unspecified atom stereocenters. The Bertz CT molecular complexity index is 475. The number of pyridine rings is 1. The van der Waals surface area contributed by atoms with E-state index < -0.39 is 0 Å². The van der Waals surface area contributed by atoms with E-state index in [1.165, 1.54) is 16.8 Å². The van der Waals surface area contributed by atoms with E-state index >= 15 is 0 Å². The van der Waals surface area contributed by atoms with Crippen LogP contribution in [0, 0.1) is 0 Å². The van der Waals surface area contributed by atoms with Crippen molar-refractivity contribution in [3.63, 3.8) is 0 Å². The topological polar surface area (TPSA) is 28.2 Å². The number of nitrogens with one attached hydrogen (secondary N) is 1. The first-order chi connectivity index (χ1) is 8.43. The van der Waals surface area contributed by atoms with E-state index in [1.807, 2.05) is 12.4 Å². The fourth-order valence-corrected chi connectivity index (χ4v) is 2.78. The molecule has 1 aliphatic rings. The Morgan fingerprint density at radius 2 is 2.06 bits per heavy atom. The lowest BCUT2D eigenvalue weighted by atomic mass is 10.1. The number of aromatic nitrogens is 1. The van der Waals surface area contributed by atoms with Gasteiger partial charge in [-0.3, -0.25) is 4.98 Å². The first-order valence-electron chi connectivity index (χ1n) is 5.87. The number of anilines is 1. The molecule has 17 heavy (non-hydrogen) atoms. The molecule has 88 valence electrons. The van der Waals surface area contributed by atoms with E-state index in [4.69, 9.17) is 0 Å². The number of thiophene rings is 1. The molecule has 3 nitrogen and oxygen atoms in total. The lowest BCUT2D eigenvalue weighted by Crippen LogP contribution is -2.43. The van der Waals surface area contributed by atoms with Crippen LogP contribution >= 0.6 is 11.3 Å². The first kappa shape index (κ1) is 10.7. The molecule has 3 rings (SSSR count). The first-order valence-corrected chi connectivity index (χ1v) is 6.81. The molecular formula is C13H15N3S.